The second-order valence-electron chi connectivity index (χ2n) is 4.50. The van der Waals surface area contributed by atoms with E-state index in [0.29, 0.717) is 12.5 Å². The Morgan fingerprint density at radius 3 is 2.62 bits per heavy atom. The molecule has 1 rings (SSSR count). The average Bonchev–Trinajstić information content (AvgIpc) is 2.75. The van der Waals surface area contributed by atoms with E-state index in [4.69, 9.17) is 0 Å². The van der Waals surface area contributed by atoms with Gasteiger partial charge in [-0.15, -0.1) is 0 Å². The van der Waals surface area contributed by atoms with E-state index in [0.717, 1.165) is 18.5 Å². The van der Waals surface area contributed by atoms with Crippen LogP contribution in [0, 0.1) is 5.92 Å². The topological polar surface area (TPSA) is 34.9 Å². The Morgan fingerprint density at radius 1 is 1.38 bits per heavy atom. The summed E-state index contributed by atoms with van der Waals surface area (Å²) in [7, 11) is 0. The molecule has 0 aliphatic carbocycles. The van der Waals surface area contributed by atoms with E-state index in [9.17, 15) is 4.79 Å². The van der Waals surface area contributed by atoms with Crippen LogP contribution in [0.2, 0.25) is 0 Å². The van der Waals surface area contributed by atoms with Crippen LogP contribution in [0.3, 0.4) is 0 Å². The normalized spacial score (nSPS) is 14.8. The highest BCUT2D eigenvalue weighted by Gasteiger charge is 2.13. The molecular weight excluding hydrogens is 200 g/mol. The number of nitrogens with zero attached hydrogens (tertiary/aromatic N) is 2. The van der Waals surface area contributed by atoms with Gasteiger partial charge in [-0.25, -0.2) is 0 Å². The number of rotatable bonds is 6. The van der Waals surface area contributed by atoms with Crippen LogP contribution >= 0.6 is 0 Å². The molecular formula is C13H22N2O. The van der Waals surface area contributed by atoms with Crippen LogP contribution in [0.4, 0.5) is 0 Å². The minimum absolute atomic E-state index is 0.147. The molecule has 3 heteroatoms. The third kappa shape index (κ3) is 3.19. The van der Waals surface area contributed by atoms with Crippen molar-refractivity contribution in [2.75, 3.05) is 0 Å². The fraction of sp³-hybridized carbons (Fsp3) is 0.692. The molecule has 90 valence electrons. The van der Waals surface area contributed by atoms with E-state index in [-0.39, 0.29) is 11.7 Å². The van der Waals surface area contributed by atoms with E-state index in [1.54, 1.807) is 0 Å². The Labute approximate surface area is 97.8 Å². The van der Waals surface area contributed by atoms with Gasteiger partial charge in [0.2, 0.25) is 0 Å². The monoisotopic (exact) mass is 222 g/mol. The maximum atomic E-state index is 11.7. The first-order valence-corrected chi connectivity index (χ1v) is 6.15. The number of aromatic nitrogens is 2. The van der Waals surface area contributed by atoms with Crippen molar-refractivity contribution in [3.05, 3.63) is 18.0 Å². The molecule has 0 spiro atoms. The summed E-state index contributed by atoms with van der Waals surface area (Å²) in [4.78, 5) is 11.7. The number of carbonyl (C=O) groups is 1. The van der Waals surface area contributed by atoms with Crippen molar-refractivity contribution in [3.63, 3.8) is 0 Å². The van der Waals surface area contributed by atoms with E-state index >= 15 is 0 Å². The first-order chi connectivity index (χ1) is 7.58. The van der Waals surface area contributed by atoms with Crippen molar-refractivity contribution >= 4 is 5.78 Å². The minimum atomic E-state index is 0.147. The van der Waals surface area contributed by atoms with Crippen LogP contribution in [-0.2, 0) is 11.2 Å². The molecule has 1 aromatic rings. The summed E-state index contributed by atoms with van der Waals surface area (Å²) >= 11 is 0. The number of carbonyl (C=O) groups excluding carboxylic acids is 1. The first kappa shape index (κ1) is 12.9. The molecule has 0 aromatic carbocycles. The SMILES string of the molecule is CCC(C)C(=O)Cc1ccn(C(C)CC)n1. The summed E-state index contributed by atoms with van der Waals surface area (Å²) in [5.41, 5.74) is 0.894. The van der Waals surface area contributed by atoms with Crippen LogP contribution in [0.25, 0.3) is 0 Å². The summed E-state index contributed by atoms with van der Waals surface area (Å²) in [5.74, 6) is 0.436. The molecule has 16 heavy (non-hydrogen) atoms. The van der Waals surface area contributed by atoms with Crippen molar-refractivity contribution in [1.29, 1.82) is 0 Å². The van der Waals surface area contributed by atoms with E-state index in [2.05, 4.69) is 18.9 Å². The Hall–Kier alpha value is -1.12. The van der Waals surface area contributed by atoms with Gasteiger partial charge in [0.25, 0.3) is 0 Å². The van der Waals surface area contributed by atoms with Gasteiger partial charge in [-0.1, -0.05) is 20.8 Å². The van der Waals surface area contributed by atoms with Gasteiger partial charge in [0.05, 0.1) is 12.1 Å². The zero-order valence-corrected chi connectivity index (χ0v) is 10.7. The van der Waals surface area contributed by atoms with Crippen LogP contribution in [0.5, 0.6) is 0 Å². The fourth-order valence-electron chi connectivity index (χ4n) is 1.48. The van der Waals surface area contributed by atoms with E-state index in [1.807, 2.05) is 30.8 Å². The largest absolute Gasteiger partial charge is 0.299 e. The van der Waals surface area contributed by atoms with E-state index < -0.39 is 0 Å². The zero-order chi connectivity index (χ0) is 12.1. The molecule has 0 N–H and O–H groups in total. The second-order valence-corrected chi connectivity index (χ2v) is 4.50. The maximum absolute atomic E-state index is 11.7. The summed E-state index contributed by atoms with van der Waals surface area (Å²) in [6.45, 7) is 8.29. The van der Waals surface area contributed by atoms with E-state index in [1.165, 1.54) is 0 Å². The van der Waals surface area contributed by atoms with Gasteiger partial charge in [-0.2, -0.15) is 5.10 Å². The molecule has 1 heterocycles. The smallest absolute Gasteiger partial charge is 0.141 e. The summed E-state index contributed by atoms with van der Waals surface area (Å²) < 4.78 is 1.94. The molecule has 1 aromatic heterocycles. The van der Waals surface area contributed by atoms with Crippen LogP contribution in [-0.4, -0.2) is 15.6 Å². The zero-order valence-electron chi connectivity index (χ0n) is 10.7. The van der Waals surface area contributed by atoms with Crippen LogP contribution in [0.1, 0.15) is 52.3 Å². The van der Waals surface area contributed by atoms with Gasteiger partial charge in [0, 0.05) is 18.2 Å². The number of Topliss-reactive ketones (excluding diaryl/α,β-unsaturated/α-hetero) is 1. The number of ketones is 1. The fourth-order valence-corrected chi connectivity index (χ4v) is 1.48. The molecule has 0 radical (unpaired) electrons. The lowest BCUT2D eigenvalue weighted by atomic mass is 10.0. The van der Waals surface area contributed by atoms with Crippen molar-refractivity contribution in [2.45, 2.75) is 53.0 Å². The maximum Gasteiger partial charge on any atom is 0.141 e. The lowest BCUT2D eigenvalue weighted by molar-refractivity contribution is -0.121. The highest BCUT2D eigenvalue weighted by Crippen LogP contribution is 2.11. The Bertz CT molecular complexity index is 343. The predicted octanol–water partition coefficient (Wildman–Crippen LogP) is 3.01. The molecule has 2 unspecified atom stereocenters. The predicted molar refractivity (Wildman–Crippen MR) is 65.4 cm³/mol. The highest BCUT2D eigenvalue weighted by molar-refractivity contribution is 5.82. The highest BCUT2D eigenvalue weighted by atomic mass is 16.1. The lowest BCUT2D eigenvalue weighted by Crippen LogP contribution is -2.13. The van der Waals surface area contributed by atoms with Gasteiger partial charge in [-0.05, 0) is 25.8 Å². The minimum Gasteiger partial charge on any atom is -0.299 e. The third-order valence-electron chi connectivity index (χ3n) is 3.22. The summed E-state index contributed by atoms with van der Waals surface area (Å²) in [6.07, 6.45) is 4.40. The number of hydrogen-bond acceptors (Lipinski definition) is 2. The van der Waals surface area contributed by atoms with Gasteiger partial charge in [-0.3, -0.25) is 9.48 Å². The van der Waals surface area contributed by atoms with Crippen LogP contribution < -0.4 is 0 Å². The molecule has 3 nitrogen and oxygen atoms in total. The molecule has 0 saturated carbocycles. The Morgan fingerprint density at radius 2 is 2.06 bits per heavy atom. The Balaban J connectivity index is 2.62. The third-order valence-corrected chi connectivity index (χ3v) is 3.22. The average molecular weight is 222 g/mol. The first-order valence-electron chi connectivity index (χ1n) is 6.15. The second kappa shape index (κ2) is 5.83. The van der Waals surface area contributed by atoms with Crippen molar-refractivity contribution in [2.24, 2.45) is 5.92 Å². The standard InChI is InChI=1S/C13H22N2O/c1-5-10(3)13(16)9-12-7-8-15(14-12)11(4)6-2/h7-8,10-11H,5-6,9H2,1-4H3. The van der Waals surface area contributed by atoms with Crippen LogP contribution in [0.15, 0.2) is 12.3 Å². The van der Waals surface area contributed by atoms with Crippen molar-refractivity contribution in [1.82, 2.24) is 9.78 Å². The summed E-state index contributed by atoms with van der Waals surface area (Å²) in [5, 5.41) is 4.43. The molecule has 0 amide bonds. The Kier molecular flexibility index (Phi) is 4.71. The van der Waals surface area contributed by atoms with Crippen molar-refractivity contribution < 1.29 is 4.79 Å². The molecule has 0 fully saturated rings. The lowest BCUT2D eigenvalue weighted by Gasteiger charge is -2.08. The molecule has 0 aliphatic rings. The van der Waals surface area contributed by atoms with Crippen molar-refractivity contribution in [3.8, 4) is 0 Å². The number of hydrogen-bond donors (Lipinski definition) is 0. The molecule has 0 saturated heterocycles. The van der Waals surface area contributed by atoms with Gasteiger partial charge in [0.15, 0.2) is 0 Å². The quantitative estimate of drug-likeness (QED) is 0.741. The van der Waals surface area contributed by atoms with Gasteiger partial charge < -0.3 is 0 Å². The van der Waals surface area contributed by atoms with Gasteiger partial charge in [0.1, 0.15) is 5.78 Å². The summed E-state index contributed by atoms with van der Waals surface area (Å²) in [6, 6.07) is 2.36. The molecule has 0 aliphatic heterocycles. The van der Waals surface area contributed by atoms with Gasteiger partial charge >= 0.3 is 0 Å². The molecule has 0 bridgehead atoms. The molecule has 2 atom stereocenters.